The first-order valence-electron chi connectivity index (χ1n) is 36.6. The third kappa shape index (κ3) is 10.4. The van der Waals surface area contributed by atoms with Crippen LogP contribution in [-0.2, 0) is 0 Å². The highest BCUT2D eigenvalue weighted by Crippen LogP contribution is 2.45. The van der Waals surface area contributed by atoms with Gasteiger partial charge in [-0.3, -0.25) is 4.57 Å². The number of hydrogen-bond acceptors (Lipinski definition) is 5. The van der Waals surface area contributed by atoms with E-state index >= 15 is 0 Å². The first kappa shape index (κ1) is 62.1. The highest BCUT2D eigenvalue weighted by molar-refractivity contribution is 6.20. The predicted molar refractivity (Wildman–Crippen MR) is 447 cm³/mol. The van der Waals surface area contributed by atoms with Gasteiger partial charge in [-0.05, 0) is 156 Å². The number of furan rings is 2. The van der Waals surface area contributed by atoms with Gasteiger partial charge in [0.2, 0.25) is 0 Å². The first-order valence-corrected chi connectivity index (χ1v) is 36.6. The number of fused-ring (bicyclic) bond motifs is 15. The molecule has 506 valence electrons. The van der Waals surface area contributed by atoms with Crippen LogP contribution in [0.2, 0.25) is 0 Å². The summed E-state index contributed by atoms with van der Waals surface area (Å²) in [7, 11) is 0. The van der Waals surface area contributed by atoms with Crippen LogP contribution < -0.4 is 0 Å². The number of hydrogen-bond donors (Lipinski definition) is 0. The highest BCUT2D eigenvalue weighted by atomic mass is 16.3. The molecule has 0 spiro atoms. The van der Waals surface area contributed by atoms with Gasteiger partial charge in [0.15, 0.2) is 5.82 Å². The molecule has 108 heavy (non-hydrogen) atoms. The van der Waals surface area contributed by atoms with Crippen molar-refractivity contribution in [1.82, 2.24) is 28.7 Å². The second-order valence-electron chi connectivity index (χ2n) is 27.8. The number of pyridine rings is 1. The van der Waals surface area contributed by atoms with Gasteiger partial charge in [-0.25, -0.2) is 15.0 Å². The van der Waals surface area contributed by atoms with E-state index in [-0.39, 0.29) is 0 Å². The van der Waals surface area contributed by atoms with Gasteiger partial charge in [-0.2, -0.15) is 0 Å². The van der Waals surface area contributed by atoms with Gasteiger partial charge in [0.05, 0.1) is 50.2 Å². The van der Waals surface area contributed by atoms with E-state index in [1.807, 2.05) is 30.3 Å². The Morgan fingerprint density at radius 3 is 1.23 bits per heavy atom. The van der Waals surface area contributed by atoms with Crippen molar-refractivity contribution in [3.8, 4) is 95.7 Å². The smallest absolute Gasteiger partial charge is 0.160 e. The molecule has 0 aliphatic heterocycles. The van der Waals surface area contributed by atoms with E-state index in [0.29, 0.717) is 5.82 Å². The molecule has 0 N–H and O–H groups in total. The summed E-state index contributed by atoms with van der Waals surface area (Å²) in [4.78, 5) is 16.2. The molecule has 22 rings (SSSR count). The summed E-state index contributed by atoms with van der Waals surface area (Å²) >= 11 is 0. The minimum Gasteiger partial charge on any atom is -0.455 e. The molecule has 7 aromatic heterocycles. The summed E-state index contributed by atoms with van der Waals surface area (Å²) in [6.45, 7) is 2.12. The maximum atomic E-state index is 6.61. The predicted octanol–water partition coefficient (Wildman–Crippen LogP) is 26.6. The first-order chi connectivity index (χ1) is 53.5. The van der Waals surface area contributed by atoms with Crippen molar-refractivity contribution in [2.24, 2.45) is 0 Å². The molecular weight excluding hydrogens is 1320 g/mol. The third-order valence-electron chi connectivity index (χ3n) is 21.4. The van der Waals surface area contributed by atoms with E-state index in [4.69, 9.17) is 23.8 Å². The topological polar surface area (TPSA) is 79.7 Å². The number of nitrogens with zero attached hydrogens (tertiary/aromatic N) is 6. The second-order valence-corrected chi connectivity index (χ2v) is 27.8. The summed E-state index contributed by atoms with van der Waals surface area (Å²) in [5.41, 5.74) is 27.0. The van der Waals surface area contributed by atoms with Gasteiger partial charge in [-0.1, -0.05) is 260 Å². The lowest BCUT2D eigenvalue weighted by molar-refractivity contribution is 0.669. The van der Waals surface area contributed by atoms with Gasteiger partial charge in [0.1, 0.15) is 28.1 Å². The Labute approximate surface area is 621 Å². The van der Waals surface area contributed by atoms with Crippen molar-refractivity contribution in [2.75, 3.05) is 0 Å². The van der Waals surface area contributed by atoms with Crippen LogP contribution in [0.1, 0.15) is 5.56 Å². The Kier molecular flexibility index (Phi) is 14.6. The van der Waals surface area contributed by atoms with Gasteiger partial charge >= 0.3 is 0 Å². The zero-order valence-corrected chi connectivity index (χ0v) is 58.7. The van der Waals surface area contributed by atoms with E-state index in [9.17, 15) is 0 Å². The van der Waals surface area contributed by atoms with Crippen LogP contribution in [-0.4, -0.2) is 28.7 Å². The van der Waals surface area contributed by atoms with Gasteiger partial charge < -0.3 is 18.0 Å². The average Bonchev–Trinajstić information content (AvgIpc) is 1.56. The van der Waals surface area contributed by atoms with Crippen molar-refractivity contribution in [3.63, 3.8) is 0 Å². The van der Waals surface area contributed by atoms with Crippen LogP contribution in [0.3, 0.4) is 0 Å². The van der Waals surface area contributed by atoms with E-state index in [2.05, 4.69) is 360 Å². The highest BCUT2D eigenvalue weighted by Gasteiger charge is 2.25. The van der Waals surface area contributed by atoms with Gasteiger partial charge in [0.25, 0.3) is 0 Å². The SMILES string of the molecule is Cc1ccc(-n2c3ccccc3c3c(-c4cc(-c5cccc6c5oc5ccccc56)nc(-c5cccc(-c6ccccc6)c5)n4)cccc32)cc1.c1ccc(-c2cccc(-c3cc(-c4cccc5c4oc4ccccc45)nc(-n4c5ccccc5c5cc6c(cc54)c4ccccc4n6-c4ccccc4)c3)c2)cc1. The fraction of sp³-hybridized carbons (Fsp3) is 0.0100. The van der Waals surface area contributed by atoms with Crippen LogP contribution in [0.4, 0.5) is 0 Å². The van der Waals surface area contributed by atoms with E-state index in [0.717, 1.165) is 150 Å². The maximum absolute atomic E-state index is 6.61. The molecule has 0 amide bonds. The maximum Gasteiger partial charge on any atom is 0.160 e. The Balaban J connectivity index is 0.000000139. The Hall–Kier alpha value is -14.5. The molecule has 22 aromatic rings. The minimum absolute atomic E-state index is 0.660. The van der Waals surface area contributed by atoms with Crippen LogP contribution >= 0.6 is 0 Å². The number of para-hydroxylation sites is 8. The molecule has 0 unspecified atom stereocenters. The lowest BCUT2D eigenvalue weighted by Gasteiger charge is -2.14. The molecule has 15 aromatic carbocycles. The van der Waals surface area contributed by atoms with Crippen LogP contribution in [0, 0.1) is 6.92 Å². The molecule has 0 aliphatic rings. The quantitative estimate of drug-likeness (QED) is 0.136. The third-order valence-corrected chi connectivity index (χ3v) is 21.4. The number of benzene rings is 15. The molecule has 0 fully saturated rings. The summed E-state index contributed by atoms with van der Waals surface area (Å²) in [5.74, 6) is 1.51. The summed E-state index contributed by atoms with van der Waals surface area (Å²) < 4.78 is 20.2. The van der Waals surface area contributed by atoms with Crippen molar-refractivity contribution in [3.05, 3.63) is 376 Å². The van der Waals surface area contributed by atoms with Gasteiger partial charge in [-0.15, -0.1) is 0 Å². The Morgan fingerprint density at radius 2 is 0.630 bits per heavy atom. The minimum atomic E-state index is 0.660. The molecule has 7 heterocycles. The van der Waals surface area contributed by atoms with E-state index in [1.165, 1.54) is 54.7 Å². The van der Waals surface area contributed by atoms with Crippen LogP contribution in [0.25, 0.3) is 205 Å². The number of aryl methyl sites for hydroxylation is 1. The molecule has 0 saturated heterocycles. The Bertz CT molecular complexity index is 7300. The second kappa shape index (κ2) is 25.4. The van der Waals surface area contributed by atoms with E-state index in [1.54, 1.807) is 0 Å². The number of rotatable bonds is 10. The average molecular weight is 1380 g/mol. The van der Waals surface area contributed by atoms with Crippen molar-refractivity contribution >= 4 is 109 Å². The zero-order chi connectivity index (χ0) is 71.3. The fourth-order valence-corrected chi connectivity index (χ4v) is 16.4. The number of aromatic nitrogens is 6. The molecule has 0 radical (unpaired) electrons. The standard InChI is InChI=1S/C53H33N3O.C47H31N3O/c1-3-15-34(16-4-1)35-17-13-18-36(29-35)37-30-46(43-25-14-24-42-41-23-9-12-28-51(41)57-53(42)43)54-52(31-37)56-48-27-11-8-22-40(48)45-32-49-44(33-50(45)56)39-21-7-10-26-47(39)55(49)38-19-5-2-6-20-38;1-30-24-26-34(27-25-30)50-42-21-7-5-17-39(42)45-37(19-11-22-43(45)50)40-29-41(38-20-10-18-36-35-16-6-8-23-44(35)51-46(36)38)49-47(48-40)33-15-9-14-32(28-33)31-12-3-2-4-13-31/h1-33H;2-29H,1H3. The zero-order valence-electron chi connectivity index (χ0n) is 58.7. The summed E-state index contributed by atoms with van der Waals surface area (Å²) in [6.07, 6.45) is 0. The monoisotopic (exact) mass is 1380 g/mol. The molecular formula is C100H64N6O2. The molecule has 0 bridgehead atoms. The molecule has 0 atom stereocenters. The largest absolute Gasteiger partial charge is 0.455 e. The molecule has 8 nitrogen and oxygen atoms in total. The summed E-state index contributed by atoms with van der Waals surface area (Å²) in [5, 5.41) is 11.4. The molecule has 8 heteroatoms. The van der Waals surface area contributed by atoms with Crippen molar-refractivity contribution < 1.29 is 8.83 Å². The van der Waals surface area contributed by atoms with E-state index < -0.39 is 0 Å². The lowest BCUT2D eigenvalue weighted by Crippen LogP contribution is -2.00. The molecule has 0 saturated carbocycles. The van der Waals surface area contributed by atoms with Gasteiger partial charge in [0, 0.05) is 87.5 Å². The van der Waals surface area contributed by atoms with Crippen molar-refractivity contribution in [1.29, 1.82) is 0 Å². The van der Waals surface area contributed by atoms with Crippen LogP contribution in [0.15, 0.2) is 379 Å². The lowest BCUT2D eigenvalue weighted by atomic mass is 9.98. The fourth-order valence-electron chi connectivity index (χ4n) is 16.4. The Morgan fingerprint density at radius 1 is 0.231 bits per heavy atom. The summed E-state index contributed by atoms with van der Waals surface area (Å²) in [6, 6.07) is 131. The van der Waals surface area contributed by atoms with Crippen LogP contribution in [0.5, 0.6) is 0 Å². The van der Waals surface area contributed by atoms with Crippen molar-refractivity contribution in [2.45, 2.75) is 6.92 Å². The molecule has 0 aliphatic carbocycles. The normalized spacial score (nSPS) is 11.8.